The predicted molar refractivity (Wildman–Crippen MR) is 200 cm³/mol. The molecule has 9 nitrogen and oxygen atoms in total. The van der Waals surface area contributed by atoms with Gasteiger partial charge in [-0.25, -0.2) is 4.57 Å². The molecule has 4 atom stereocenters. The second kappa shape index (κ2) is 34.4. The van der Waals surface area contributed by atoms with Gasteiger partial charge >= 0.3 is 7.82 Å². The first kappa shape index (κ1) is 46.9. The zero-order chi connectivity index (χ0) is 35.6. The lowest BCUT2D eigenvalue weighted by molar-refractivity contribution is -0.124. The van der Waals surface area contributed by atoms with E-state index in [0.717, 1.165) is 32.1 Å². The number of hydrogen-bond acceptors (Lipinski definition) is 7. The van der Waals surface area contributed by atoms with Gasteiger partial charge in [0.1, 0.15) is 0 Å². The molecule has 0 aliphatic heterocycles. The number of phosphoric ester groups is 1. The smallest absolute Gasteiger partial charge is 0.392 e. The molecule has 284 valence electrons. The van der Waals surface area contributed by atoms with E-state index in [1.165, 1.54) is 116 Å². The number of nitrogens with one attached hydrogen (secondary N) is 1. The van der Waals surface area contributed by atoms with Crippen molar-refractivity contribution in [3.8, 4) is 0 Å². The van der Waals surface area contributed by atoms with Gasteiger partial charge in [-0.1, -0.05) is 160 Å². The van der Waals surface area contributed by atoms with Crippen LogP contribution < -0.4 is 11.1 Å². The van der Waals surface area contributed by atoms with E-state index in [1.807, 2.05) is 18.2 Å². The Morgan fingerprint density at radius 1 is 0.708 bits per heavy atom. The molecule has 0 aliphatic rings. The van der Waals surface area contributed by atoms with Crippen molar-refractivity contribution in [2.75, 3.05) is 19.8 Å². The molecule has 4 unspecified atom stereocenters. The second-order valence-corrected chi connectivity index (χ2v) is 14.8. The summed E-state index contributed by atoms with van der Waals surface area (Å²) in [4.78, 5) is 22.5. The Morgan fingerprint density at radius 3 is 1.67 bits per heavy atom. The third-order valence-corrected chi connectivity index (χ3v) is 9.56. The average molecular weight is 703 g/mol. The third kappa shape index (κ3) is 32.2. The molecule has 0 aliphatic carbocycles. The van der Waals surface area contributed by atoms with Crippen LogP contribution in [0.2, 0.25) is 0 Å². The van der Waals surface area contributed by atoms with Crippen LogP contribution in [0.4, 0.5) is 0 Å². The Balaban J connectivity index is 4.34. The van der Waals surface area contributed by atoms with Crippen LogP contribution >= 0.6 is 7.82 Å². The van der Waals surface area contributed by atoms with Crippen LogP contribution in [-0.2, 0) is 18.4 Å². The highest BCUT2D eigenvalue weighted by atomic mass is 31.2. The van der Waals surface area contributed by atoms with E-state index in [1.54, 1.807) is 6.08 Å². The van der Waals surface area contributed by atoms with E-state index in [0.29, 0.717) is 6.42 Å². The minimum Gasteiger partial charge on any atom is -0.392 e. The van der Waals surface area contributed by atoms with Gasteiger partial charge in [0.15, 0.2) is 0 Å². The fraction of sp³-hybridized carbons (Fsp3) is 0.868. The van der Waals surface area contributed by atoms with E-state index >= 15 is 0 Å². The van der Waals surface area contributed by atoms with Crippen LogP contribution in [0.5, 0.6) is 0 Å². The van der Waals surface area contributed by atoms with Gasteiger partial charge in [0.2, 0.25) is 5.91 Å². The van der Waals surface area contributed by atoms with Crippen molar-refractivity contribution >= 4 is 13.7 Å². The minimum atomic E-state index is -4.39. The molecule has 0 aromatic heterocycles. The number of allylic oxidation sites excluding steroid dienone is 2. The van der Waals surface area contributed by atoms with Crippen molar-refractivity contribution in [2.45, 2.75) is 193 Å². The van der Waals surface area contributed by atoms with Gasteiger partial charge in [0.25, 0.3) is 0 Å². The number of aliphatic hydroxyl groups excluding tert-OH is 2. The van der Waals surface area contributed by atoms with Gasteiger partial charge in [-0.3, -0.25) is 13.8 Å². The molecule has 1 amide bonds. The summed E-state index contributed by atoms with van der Waals surface area (Å²) in [7, 11) is -4.39. The van der Waals surface area contributed by atoms with Crippen molar-refractivity contribution in [3.63, 3.8) is 0 Å². The Kier molecular flexibility index (Phi) is 33.6. The number of nitrogens with two attached hydrogens (primary N) is 1. The molecule has 0 aromatic carbocycles. The van der Waals surface area contributed by atoms with Crippen molar-refractivity contribution in [1.29, 1.82) is 0 Å². The Hall–Kier alpha value is -1.06. The molecule has 0 aromatic rings. The van der Waals surface area contributed by atoms with Crippen LogP contribution in [0.3, 0.4) is 0 Å². The van der Waals surface area contributed by atoms with E-state index in [9.17, 15) is 24.5 Å². The third-order valence-electron chi connectivity index (χ3n) is 8.58. The predicted octanol–water partition coefficient (Wildman–Crippen LogP) is 9.19. The number of unbranched alkanes of at least 4 members (excludes halogenated alkanes) is 21. The number of rotatable bonds is 36. The van der Waals surface area contributed by atoms with E-state index in [2.05, 4.69) is 19.2 Å². The van der Waals surface area contributed by atoms with Crippen LogP contribution in [0.25, 0.3) is 0 Å². The second-order valence-electron chi connectivity index (χ2n) is 13.3. The van der Waals surface area contributed by atoms with Gasteiger partial charge in [-0.05, 0) is 32.1 Å². The maximum absolute atomic E-state index is 12.7. The lowest BCUT2D eigenvalue weighted by Crippen LogP contribution is -2.46. The van der Waals surface area contributed by atoms with Gasteiger partial charge in [0.05, 0.1) is 37.9 Å². The average Bonchev–Trinajstić information content (AvgIpc) is 3.06. The normalized spacial score (nSPS) is 15.2. The zero-order valence-electron chi connectivity index (χ0n) is 30.8. The summed E-state index contributed by atoms with van der Waals surface area (Å²) in [5, 5.41) is 23.7. The summed E-state index contributed by atoms with van der Waals surface area (Å²) in [6.07, 6.45) is 34.4. The molecule has 0 saturated carbocycles. The Labute approximate surface area is 294 Å². The molecular formula is C38H75N2O7P. The summed E-state index contributed by atoms with van der Waals surface area (Å²) in [5.74, 6) is -0.483. The maximum atomic E-state index is 12.7. The molecule has 6 N–H and O–H groups in total. The SMILES string of the molecule is CCCCCC/C=C\CC(O)CC(=O)NC(COP(=O)(O)OCCN)C(O)/C=C/CCCCCCCCCCCCCCCCCCC. The zero-order valence-corrected chi connectivity index (χ0v) is 31.7. The first-order chi connectivity index (χ1) is 23.3. The van der Waals surface area contributed by atoms with Crippen molar-refractivity contribution < 1.29 is 33.5 Å². The van der Waals surface area contributed by atoms with Crippen molar-refractivity contribution in [2.24, 2.45) is 5.73 Å². The number of hydrogen-bond donors (Lipinski definition) is 5. The molecular weight excluding hydrogens is 627 g/mol. The van der Waals surface area contributed by atoms with E-state index in [-0.39, 0.29) is 19.6 Å². The van der Waals surface area contributed by atoms with Crippen LogP contribution in [0, 0.1) is 0 Å². The quantitative estimate of drug-likeness (QED) is 0.0246. The van der Waals surface area contributed by atoms with Crippen LogP contribution in [0.1, 0.15) is 174 Å². The van der Waals surface area contributed by atoms with Crippen LogP contribution in [-0.4, -0.2) is 59.0 Å². The van der Waals surface area contributed by atoms with Crippen LogP contribution in [0.15, 0.2) is 24.3 Å². The number of amides is 1. The number of aliphatic hydroxyl groups is 2. The fourth-order valence-electron chi connectivity index (χ4n) is 5.59. The summed E-state index contributed by atoms with van der Waals surface area (Å²) < 4.78 is 21.9. The molecule has 10 heteroatoms. The lowest BCUT2D eigenvalue weighted by atomic mass is 10.0. The standard InChI is InChI=1S/C38H75N2O7P/c1-3-5-7-9-11-12-13-14-15-16-17-18-19-20-21-22-24-26-28-30-37(42)36(34-47-48(44,45)46-32-31-39)40-38(43)33-35(41)29-27-25-23-10-8-6-4-2/h25,27-28,30,35-37,41-42H,3-24,26,29,31-34,39H2,1-2H3,(H,40,43)(H,44,45)/b27-25-,30-28+. The molecule has 0 saturated heterocycles. The van der Waals surface area contributed by atoms with Crippen molar-refractivity contribution in [3.05, 3.63) is 24.3 Å². The summed E-state index contributed by atoms with van der Waals surface area (Å²) in [6.45, 7) is 3.88. The lowest BCUT2D eigenvalue weighted by Gasteiger charge is -2.23. The largest absolute Gasteiger partial charge is 0.472 e. The highest BCUT2D eigenvalue weighted by molar-refractivity contribution is 7.47. The van der Waals surface area contributed by atoms with E-state index < -0.39 is 38.6 Å². The van der Waals surface area contributed by atoms with E-state index in [4.69, 9.17) is 14.8 Å². The van der Waals surface area contributed by atoms with Crippen molar-refractivity contribution in [1.82, 2.24) is 5.32 Å². The molecule has 0 radical (unpaired) electrons. The van der Waals surface area contributed by atoms with Gasteiger partial charge in [-0.15, -0.1) is 0 Å². The number of carbonyl (C=O) groups excluding carboxylic acids is 1. The summed E-state index contributed by atoms with van der Waals surface area (Å²) >= 11 is 0. The maximum Gasteiger partial charge on any atom is 0.472 e. The minimum absolute atomic E-state index is 0.0455. The summed E-state index contributed by atoms with van der Waals surface area (Å²) in [5.41, 5.74) is 5.34. The highest BCUT2D eigenvalue weighted by Crippen LogP contribution is 2.43. The molecule has 48 heavy (non-hydrogen) atoms. The monoisotopic (exact) mass is 703 g/mol. The Bertz CT molecular complexity index is 827. The molecule has 0 bridgehead atoms. The number of carbonyl (C=O) groups is 1. The molecule has 0 spiro atoms. The topological polar surface area (TPSA) is 151 Å². The first-order valence-electron chi connectivity index (χ1n) is 19.5. The Morgan fingerprint density at radius 2 is 1.17 bits per heavy atom. The summed E-state index contributed by atoms with van der Waals surface area (Å²) in [6, 6.07) is -0.993. The first-order valence-corrected chi connectivity index (χ1v) is 21.0. The molecule has 0 fully saturated rings. The fourth-order valence-corrected chi connectivity index (χ4v) is 6.35. The highest BCUT2D eigenvalue weighted by Gasteiger charge is 2.27. The molecule has 0 rings (SSSR count). The van der Waals surface area contributed by atoms with Gasteiger partial charge in [-0.2, -0.15) is 0 Å². The van der Waals surface area contributed by atoms with Gasteiger partial charge < -0.3 is 26.2 Å². The van der Waals surface area contributed by atoms with Gasteiger partial charge in [0, 0.05) is 6.54 Å². The number of phosphoric acid groups is 1. The molecule has 0 heterocycles.